The van der Waals surface area contributed by atoms with Gasteiger partial charge in [-0.05, 0) is 29.8 Å². The van der Waals surface area contributed by atoms with Crippen molar-refractivity contribution in [3.05, 3.63) is 52.5 Å². The third-order valence-corrected chi connectivity index (χ3v) is 3.87. The number of hydrogen-bond donors (Lipinski definition) is 1. The summed E-state index contributed by atoms with van der Waals surface area (Å²) in [5.41, 5.74) is 0.480. The van der Waals surface area contributed by atoms with Crippen molar-refractivity contribution in [1.29, 1.82) is 0 Å². The molecule has 0 saturated heterocycles. The number of benzene rings is 1. The highest BCUT2D eigenvalue weighted by molar-refractivity contribution is 7.84. The summed E-state index contributed by atoms with van der Waals surface area (Å²) in [6.07, 6.45) is 0. The second-order valence-corrected chi connectivity index (χ2v) is 5.45. The van der Waals surface area contributed by atoms with E-state index in [2.05, 4.69) is 0 Å². The van der Waals surface area contributed by atoms with Gasteiger partial charge in [0.1, 0.15) is 5.82 Å². The molecule has 0 aliphatic rings. The van der Waals surface area contributed by atoms with Crippen LogP contribution in [0.3, 0.4) is 0 Å². The Morgan fingerprint density at radius 2 is 2.11 bits per heavy atom. The van der Waals surface area contributed by atoms with E-state index in [9.17, 15) is 13.4 Å². The summed E-state index contributed by atoms with van der Waals surface area (Å²) in [5.74, 6) is -2.10. The number of furan rings is 1. The molecule has 100 valence electrons. The Kier molecular flexibility index (Phi) is 4.01. The summed E-state index contributed by atoms with van der Waals surface area (Å²) >= 11 is 5.54. The number of halogens is 2. The first kappa shape index (κ1) is 13.8. The van der Waals surface area contributed by atoms with E-state index in [1.807, 2.05) is 0 Å². The molecule has 1 aromatic carbocycles. The molecule has 1 atom stereocenters. The highest BCUT2D eigenvalue weighted by atomic mass is 35.5. The average molecular weight is 303 g/mol. The SMILES string of the molecule is O=C(O)c1ccc(S(=O)Cc2ccc(Cl)c(F)c2)o1. The second-order valence-electron chi connectivity index (χ2n) is 3.66. The first-order chi connectivity index (χ1) is 8.97. The van der Waals surface area contributed by atoms with Crippen molar-refractivity contribution < 1.29 is 22.9 Å². The van der Waals surface area contributed by atoms with Crippen LogP contribution in [-0.4, -0.2) is 15.3 Å². The minimum Gasteiger partial charge on any atom is -0.475 e. The number of carboxylic acid groups (broad SMARTS) is 1. The van der Waals surface area contributed by atoms with Crippen molar-refractivity contribution >= 4 is 28.4 Å². The molecule has 0 fully saturated rings. The normalized spacial score (nSPS) is 12.3. The van der Waals surface area contributed by atoms with Crippen LogP contribution >= 0.6 is 11.6 Å². The van der Waals surface area contributed by atoms with Crippen molar-refractivity contribution in [2.24, 2.45) is 0 Å². The summed E-state index contributed by atoms with van der Waals surface area (Å²) in [6, 6.07) is 6.64. The van der Waals surface area contributed by atoms with Crippen molar-refractivity contribution in [3.8, 4) is 0 Å². The first-order valence-electron chi connectivity index (χ1n) is 5.13. The zero-order chi connectivity index (χ0) is 14.0. The maximum atomic E-state index is 13.2. The van der Waals surface area contributed by atoms with Gasteiger partial charge in [-0.1, -0.05) is 17.7 Å². The van der Waals surface area contributed by atoms with Gasteiger partial charge in [0.15, 0.2) is 5.09 Å². The molecule has 1 unspecified atom stereocenters. The molecule has 2 rings (SSSR count). The number of hydrogen-bond acceptors (Lipinski definition) is 3. The van der Waals surface area contributed by atoms with Gasteiger partial charge in [0, 0.05) is 0 Å². The molecule has 1 heterocycles. The Bertz CT molecular complexity index is 653. The Hall–Kier alpha value is -1.66. The quantitative estimate of drug-likeness (QED) is 0.942. The summed E-state index contributed by atoms with van der Waals surface area (Å²) in [6.45, 7) is 0. The van der Waals surface area contributed by atoms with Crippen molar-refractivity contribution in [3.63, 3.8) is 0 Å². The maximum absolute atomic E-state index is 13.2. The highest BCUT2D eigenvalue weighted by Gasteiger charge is 2.14. The van der Waals surface area contributed by atoms with Gasteiger partial charge in [-0.25, -0.2) is 9.18 Å². The van der Waals surface area contributed by atoms with Gasteiger partial charge >= 0.3 is 5.97 Å². The van der Waals surface area contributed by atoms with Gasteiger partial charge < -0.3 is 9.52 Å². The van der Waals surface area contributed by atoms with Crippen LogP contribution in [0.15, 0.2) is 39.8 Å². The van der Waals surface area contributed by atoms with Gasteiger partial charge in [0.2, 0.25) is 5.76 Å². The topological polar surface area (TPSA) is 67.5 Å². The minimum absolute atomic E-state index is 0.0132. The minimum atomic E-state index is -1.58. The third-order valence-electron chi connectivity index (χ3n) is 2.30. The van der Waals surface area contributed by atoms with Crippen LogP contribution in [0.4, 0.5) is 4.39 Å². The smallest absolute Gasteiger partial charge is 0.371 e. The molecule has 0 radical (unpaired) electrons. The molecule has 1 N–H and O–H groups in total. The first-order valence-corrected chi connectivity index (χ1v) is 6.82. The molecule has 0 aliphatic heterocycles. The van der Waals surface area contributed by atoms with E-state index < -0.39 is 22.6 Å². The van der Waals surface area contributed by atoms with E-state index in [0.29, 0.717) is 5.56 Å². The van der Waals surface area contributed by atoms with E-state index in [1.165, 1.54) is 24.3 Å². The molecule has 2 aromatic rings. The molecular weight excluding hydrogens is 295 g/mol. The number of aromatic carboxylic acids is 1. The molecule has 19 heavy (non-hydrogen) atoms. The lowest BCUT2D eigenvalue weighted by Crippen LogP contribution is -1.97. The van der Waals surface area contributed by atoms with E-state index >= 15 is 0 Å². The number of carboxylic acids is 1. The second kappa shape index (κ2) is 5.54. The van der Waals surface area contributed by atoms with Crippen LogP contribution in [0.1, 0.15) is 16.1 Å². The Morgan fingerprint density at radius 1 is 1.37 bits per heavy atom. The van der Waals surface area contributed by atoms with Gasteiger partial charge in [-0.2, -0.15) is 0 Å². The third kappa shape index (κ3) is 3.21. The fourth-order valence-electron chi connectivity index (χ4n) is 1.41. The molecule has 0 saturated carbocycles. The zero-order valence-corrected chi connectivity index (χ0v) is 11.0. The lowest BCUT2D eigenvalue weighted by molar-refractivity contribution is 0.0656. The van der Waals surface area contributed by atoms with Crippen LogP contribution in [0.5, 0.6) is 0 Å². The Morgan fingerprint density at radius 3 is 2.68 bits per heavy atom. The summed E-state index contributed by atoms with van der Waals surface area (Å²) in [4.78, 5) is 10.6. The van der Waals surface area contributed by atoms with Crippen LogP contribution in [-0.2, 0) is 16.6 Å². The van der Waals surface area contributed by atoms with Gasteiger partial charge in [0.25, 0.3) is 0 Å². The lowest BCUT2D eigenvalue weighted by atomic mass is 10.2. The maximum Gasteiger partial charge on any atom is 0.371 e. The number of carbonyl (C=O) groups is 1. The molecule has 0 bridgehead atoms. The van der Waals surface area contributed by atoms with E-state index in [0.717, 1.165) is 0 Å². The monoisotopic (exact) mass is 302 g/mol. The lowest BCUT2D eigenvalue weighted by Gasteiger charge is -2.01. The fraction of sp³-hybridized carbons (Fsp3) is 0.0833. The molecule has 0 aliphatic carbocycles. The van der Waals surface area contributed by atoms with Crippen LogP contribution in [0, 0.1) is 5.82 Å². The number of rotatable bonds is 4. The summed E-state index contributed by atoms with van der Waals surface area (Å²) < 4.78 is 30.0. The van der Waals surface area contributed by atoms with Crippen molar-refractivity contribution in [1.82, 2.24) is 0 Å². The average Bonchev–Trinajstić information content (AvgIpc) is 2.83. The standard InChI is InChI=1S/C12H8ClFO4S/c13-8-2-1-7(5-9(8)14)6-19(17)11-4-3-10(18-11)12(15)16/h1-5H,6H2,(H,15,16). The fourth-order valence-corrected chi connectivity index (χ4v) is 2.55. The summed E-state index contributed by atoms with van der Waals surface area (Å²) in [7, 11) is -1.58. The van der Waals surface area contributed by atoms with E-state index in [1.54, 1.807) is 6.07 Å². The van der Waals surface area contributed by atoms with Crippen molar-refractivity contribution in [2.75, 3.05) is 0 Å². The van der Waals surface area contributed by atoms with Gasteiger partial charge in [-0.3, -0.25) is 4.21 Å². The Balaban J connectivity index is 2.15. The Labute approximate surface area is 115 Å². The molecule has 7 heteroatoms. The van der Waals surface area contributed by atoms with Gasteiger partial charge in [-0.15, -0.1) is 0 Å². The van der Waals surface area contributed by atoms with E-state index in [4.69, 9.17) is 21.1 Å². The molecule has 0 amide bonds. The van der Waals surface area contributed by atoms with Crippen LogP contribution in [0.25, 0.3) is 0 Å². The van der Waals surface area contributed by atoms with Crippen LogP contribution in [0.2, 0.25) is 5.02 Å². The molecule has 1 aromatic heterocycles. The molecule has 4 nitrogen and oxygen atoms in total. The summed E-state index contributed by atoms with van der Waals surface area (Å²) in [5, 5.41) is 8.70. The zero-order valence-electron chi connectivity index (χ0n) is 9.43. The van der Waals surface area contributed by atoms with E-state index in [-0.39, 0.29) is 21.6 Å². The predicted molar refractivity (Wildman–Crippen MR) is 67.2 cm³/mol. The highest BCUT2D eigenvalue weighted by Crippen LogP contribution is 2.19. The largest absolute Gasteiger partial charge is 0.475 e. The predicted octanol–water partition coefficient (Wildman–Crippen LogP) is 3.08. The molecular formula is C12H8ClFO4S. The van der Waals surface area contributed by atoms with Crippen LogP contribution < -0.4 is 0 Å². The van der Waals surface area contributed by atoms with Crippen molar-refractivity contribution in [2.45, 2.75) is 10.8 Å². The van der Waals surface area contributed by atoms with Gasteiger partial charge in [0.05, 0.1) is 21.6 Å². The molecule has 0 spiro atoms.